The summed E-state index contributed by atoms with van der Waals surface area (Å²) in [7, 11) is 0. The lowest BCUT2D eigenvalue weighted by Gasteiger charge is -2.18. The molecule has 1 aliphatic carbocycles. The maximum Gasteiger partial charge on any atom is 0.237 e. The van der Waals surface area contributed by atoms with Crippen LogP contribution in [0.4, 0.5) is 5.69 Å². The Morgan fingerprint density at radius 2 is 2.07 bits per heavy atom. The largest absolute Gasteiger partial charge is 0.325 e. The molecule has 0 bridgehead atoms. The summed E-state index contributed by atoms with van der Waals surface area (Å²) in [4.78, 5) is 17.6. The number of nitriles is 1. The zero-order chi connectivity index (χ0) is 19.9. The van der Waals surface area contributed by atoms with Gasteiger partial charge in [-0.3, -0.25) is 4.79 Å². The summed E-state index contributed by atoms with van der Waals surface area (Å²) in [5, 5.41) is 13.4. The van der Waals surface area contributed by atoms with Crippen LogP contribution < -0.4 is 5.32 Å². The average molecular weight is 414 g/mol. The first kappa shape index (κ1) is 20.7. The molecule has 4 nitrogen and oxygen atoms in total. The number of anilines is 1. The monoisotopic (exact) mass is 413 g/mol. The van der Waals surface area contributed by atoms with Crippen LogP contribution in [0.5, 0.6) is 0 Å². The minimum absolute atomic E-state index is 0.104. The molecule has 1 atom stereocenters. The number of hydrogen-bond acceptors (Lipinski definition) is 4. The Hall–Kier alpha value is -2.03. The van der Waals surface area contributed by atoms with Crippen LogP contribution in [-0.4, -0.2) is 16.1 Å². The zero-order valence-corrected chi connectivity index (χ0v) is 17.6. The van der Waals surface area contributed by atoms with Crippen molar-refractivity contribution >= 4 is 35.0 Å². The summed E-state index contributed by atoms with van der Waals surface area (Å²) < 4.78 is 0. The molecule has 1 heterocycles. The van der Waals surface area contributed by atoms with Gasteiger partial charge in [0.2, 0.25) is 5.91 Å². The molecule has 1 N–H and O–H groups in total. The van der Waals surface area contributed by atoms with Crippen molar-refractivity contribution in [3.05, 3.63) is 52.2 Å². The third-order valence-corrected chi connectivity index (χ3v) is 6.50. The van der Waals surface area contributed by atoms with Crippen molar-refractivity contribution in [2.45, 2.75) is 62.1 Å². The number of thioether (sulfide) groups is 1. The fourth-order valence-corrected chi connectivity index (χ4v) is 4.57. The highest BCUT2D eigenvalue weighted by atomic mass is 35.5. The van der Waals surface area contributed by atoms with Gasteiger partial charge in [-0.2, -0.15) is 5.26 Å². The smallest absolute Gasteiger partial charge is 0.237 e. The van der Waals surface area contributed by atoms with E-state index in [0.717, 1.165) is 31.4 Å². The van der Waals surface area contributed by atoms with Gasteiger partial charge in [-0.05, 0) is 61.9 Å². The lowest BCUT2D eigenvalue weighted by Crippen LogP contribution is -2.25. The summed E-state index contributed by atoms with van der Waals surface area (Å²) >= 11 is 7.38. The van der Waals surface area contributed by atoms with E-state index in [1.165, 1.54) is 30.2 Å². The minimum atomic E-state index is -0.329. The lowest BCUT2D eigenvalue weighted by molar-refractivity contribution is -0.115. The van der Waals surface area contributed by atoms with E-state index >= 15 is 0 Å². The Balaban J connectivity index is 1.80. The molecule has 0 spiro atoms. The first-order chi connectivity index (χ1) is 13.6. The number of carbonyl (C=O) groups excluding carboxylic acids is 1. The molecule has 146 valence electrons. The van der Waals surface area contributed by atoms with E-state index in [9.17, 15) is 10.1 Å². The number of carbonyl (C=O) groups is 1. The molecule has 0 radical (unpaired) electrons. The Labute approximate surface area is 175 Å². The van der Waals surface area contributed by atoms with Gasteiger partial charge in [0, 0.05) is 16.4 Å². The number of fused-ring (bicyclic) bond motifs is 1. The van der Waals surface area contributed by atoms with Gasteiger partial charge < -0.3 is 5.32 Å². The summed E-state index contributed by atoms with van der Waals surface area (Å²) in [5.74, 6) is -0.104. The molecule has 1 aliphatic rings. The van der Waals surface area contributed by atoms with Gasteiger partial charge in [-0.15, -0.1) is 0 Å². The second kappa shape index (κ2) is 9.95. The highest BCUT2D eigenvalue weighted by Crippen LogP contribution is 2.31. The third kappa shape index (κ3) is 5.27. The molecule has 2 aromatic rings. The van der Waals surface area contributed by atoms with E-state index in [4.69, 9.17) is 16.6 Å². The molecule has 0 saturated carbocycles. The van der Waals surface area contributed by atoms with Crippen LogP contribution in [0.2, 0.25) is 5.02 Å². The van der Waals surface area contributed by atoms with Crippen molar-refractivity contribution in [3.63, 3.8) is 0 Å². The Kier molecular flexibility index (Phi) is 7.36. The number of hydrogen-bond donors (Lipinski definition) is 1. The minimum Gasteiger partial charge on any atom is -0.325 e. The summed E-state index contributed by atoms with van der Waals surface area (Å²) in [6.45, 7) is 1.97. The topological polar surface area (TPSA) is 65.8 Å². The number of nitrogens with one attached hydrogen (secondary N) is 1. The quantitative estimate of drug-likeness (QED) is 0.631. The number of pyridine rings is 1. The number of halogens is 1. The molecule has 28 heavy (non-hydrogen) atoms. The van der Waals surface area contributed by atoms with Crippen LogP contribution >= 0.6 is 23.4 Å². The van der Waals surface area contributed by atoms with Gasteiger partial charge in [0.05, 0.1) is 10.8 Å². The van der Waals surface area contributed by atoms with Crippen LogP contribution in [0.1, 0.15) is 55.8 Å². The maximum atomic E-state index is 12.8. The van der Waals surface area contributed by atoms with Gasteiger partial charge in [-0.25, -0.2) is 4.98 Å². The standard InChI is InChI=1S/C22H24ClN3OS/c1-2-20(21(27)25-18-10-7-9-17(23)13-18)28-22-16(14-24)12-15-8-5-3-4-6-11-19(15)26-22/h7,9-10,12-13,20H,2-6,8,11H2,1H3,(H,25,27). The average Bonchev–Trinajstić information content (AvgIpc) is 2.66. The van der Waals surface area contributed by atoms with Crippen molar-refractivity contribution in [1.29, 1.82) is 5.26 Å². The fourth-order valence-electron chi connectivity index (χ4n) is 3.38. The summed E-state index contributed by atoms with van der Waals surface area (Å²) in [6.07, 6.45) is 7.30. The number of aryl methyl sites for hydroxylation is 2. The molecule has 1 aromatic heterocycles. The lowest BCUT2D eigenvalue weighted by atomic mass is 9.96. The molecule has 1 unspecified atom stereocenters. The SMILES string of the molecule is CCC(Sc1nc2c(cc1C#N)CCCCCC2)C(=O)Nc1cccc(Cl)c1. The fraction of sp³-hybridized carbons (Fsp3) is 0.409. The van der Waals surface area contributed by atoms with Gasteiger partial charge in [-0.1, -0.05) is 49.2 Å². The van der Waals surface area contributed by atoms with Crippen LogP contribution in [0.3, 0.4) is 0 Å². The molecule has 1 amide bonds. The van der Waals surface area contributed by atoms with Crippen LogP contribution in [0, 0.1) is 11.3 Å². The van der Waals surface area contributed by atoms with Crippen LogP contribution in [0.25, 0.3) is 0 Å². The molecule has 0 saturated heterocycles. The number of benzene rings is 1. The Morgan fingerprint density at radius 1 is 1.29 bits per heavy atom. The van der Waals surface area contributed by atoms with Crippen molar-refractivity contribution < 1.29 is 4.79 Å². The number of amides is 1. The van der Waals surface area contributed by atoms with E-state index in [-0.39, 0.29) is 11.2 Å². The molecular weight excluding hydrogens is 390 g/mol. The van der Waals surface area contributed by atoms with Gasteiger partial charge in [0.25, 0.3) is 0 Å². The van der Waals surface area contributed by atoms with Crippen molar-refractivity contribution in [1.82, 2.24) is 4.98 Å². The molecule has 0 fully saturated rings. The number of rotatable bonds is 5. The van der Waals surface area contributed by atoms with Crippen LogP contribution in [-0.2, 0) is 17.6 Å². The molecule has 0 aliphatic heterocycles. The van der Waals surface area contributed by atoms with E-state index in [0.29, 0.717) is 27.7 Å². The van der Waals surface area contributed by atoms with E-state index in [2.05, 4.69) is 11.4 Å². The van der Waals surface area contributed by atoms with Crippen molar-refractivity contribution in [2.75, 3.05) is 5.32 Å². The predicted octanol–water partition coefficient (Wildman–Crippen LogP) is 5.78. The number of nitrogens with zero attached hydrogens (tertiary/aromatic N) is 2. The van der Waals surface area contributed by atoms with E-state index in [1.54, 1.807) is 18.2 Å². The van der Waals surface area contributed by atoms with Crippen molar-refractivity contribution in [3.8, 4) is 6.07 Å². The van der Waals surface area contributed by atoms with Crippen molar-refractivity contribution in [2.24, 2.45) is 0 Å². The van der Waals surface area contributed by atoms with E-state index in [1.807, 2.05) is 19.1 Å². The van der Waals surface area contributed by atoms with E-state index < -0.39 is 0 Å². The zero-order valence-electron chi connectivity index (χ0n) is 16.0. The van der Waals surface area contributed by atoms with Crippen LogP contribution in [0.15, 0.2) is 35.4 Å². The third-order valence-electron chi connectivity index (χ3n) is 4.90. The number of aromatic nitrogens is 1. The predicted molar refractivity (Wildman–Crippen MR) is 115 cm³/mol. The Bertz CT molecular complexity index is 894. The highest BCUT2D eigenvalue weighted by molar-refractivity contribution is 8.00. The Morgan fingerprint density at radius 3 is 2.79 bits per heavy atom. The van der Waals surface area contributed by atoms with Gasteiger partial charge >= 0.3 is 0 Å². The molecule has 3 rings (SSSR count). The van der Waals surface area contributed by atoms with Gasteiger partial charge in [0.1, 0.15) is 11.1 Å². The second-order valence-electron chi connectivity index (χ2n) is 6.99. The maximum absolute atomic E-state index is 12.8. The summed E-state index contributed by atoms with van der Waals surface area (Å²) in [5.41, 5.74) is 3.52. The first-order valence-corrected chi connectivity index (χ1v) is 11.0. The van der Waals surface area contributed by atoms with Gasteiger partial charge in [0.15, 0.2) is 0 Å². The highest BCUT2D eigenvalue weighted by Gasteiger charge is 2.22. The summed E-state index contributed by atoms with van der Waals surface area (Å²) in [6, 6.07) is 11.4. The molecule has 6 heteroatoms. The molecule has 1 aromatic carbocycles. The second-order valence-corrected chi connectivity index (χ2v) is 8.62. The molecular formula is C22H24ClN3OS. The first-order valence-electron chi connectivity index (χ1n) is 9.76. The normalized spacial score (nSPS) is 14.9.